The normalized spacial score (nSPS) is 18.2. The average Bonchev–Trinajstić information content (AvgIpc) is 2.61. The molecule has 2 aromatic rings. The van der Waals surface area contributed by atoms with Crippen LogP contribution in [0.5, 0.6) is 11.5 Å². The maximum atomic E-state index is 12.6. The van der Waals surface area contributed by atoms with E-state index in [1.165, 1.54) is 11.8 Å². The van der Waals surface area contributed by atoms with Crippen molar-refractivity contribution >= 4 is 29.3 Å². The van der Waals surface area contributed by atoms with E-state index in [0.717, 1.165) is 5.56 Å². The molecule has 0 radical (unpaired) electrons. The van der Waals surface area contributed by atoms with Crippen LogP contribution in [0.15, 0.2) is 48.5 Å². The molecule has 2 aromatic carbocycles. The number of carbonyl (C=O) groups excluding carboxylic acids is 1. The van der Waals surface area contributed by atoms with E-state index in [4.69, 9.17) is 14.6 Å². The van der Waals surface area contributed by atoms with Gasteiger partial charge in [0.2, 0.25) is 6.10 Å². The predicted octanol–water partition coefficient (Wildman–Crippen LogP) is 3.17. The Morgan fingerprint density at radius 1 is 1.12 bits per heavy atom. The summed E-state index contributed by atoms with van der Waals surface area (Å²) >= 11 is 1.31. The van der Waals surface area contributed by atoms with Gasteiger partial charge in [-0.2, -0.15) is 0 Å². The summed E-state index contributed by atoms with van der Waals surface area (Å²) in [6.45, 7) is 1.79. The largest absolute Gasteiger partial charge is 0.482 e. The van der Waals surface area contributed by atoms with Crippen molar-refractivity contribution in [2.45, 2.75) is 24.9 Å². The number of carboxylic acid groups (broad SMARTS) is 1. The number of benzene rings is 2. The highest BCUT2D eigenvalue weighted by molar-refractivity contribution is 7.99. The Morgan fingerprint density at radius 3 is 2.58 bits per heavy atom. The molecule has 1 heterocycles. The van der Waals surface area contributed by atoms with Gasteiger partial charge >= 0.3 is 5.97 Å². The van der Waals surface area contributed by atoms with Gasteiger partial charge in [-0.05, 0) is 36.8 Å². The van der Waals surface area contributed by atoms with E-state index in [9.17, 15) is 9.59 Å². The number of carboxylic acids is 1. The average molecular weight is 373 g/mol. The Balaban J connectivity index is 1.64. The van der Waals surface area contributed by atoms with E-state index < -0.39 is 18.2 Å². The van der Waals surface area contributed by atoms with Crippen molar-refractivity contribution in [1.29, 1.82) is 0 Å². The molecule has 0 fully saturated rings. The van der Waals surface area contributed by atoms with Crippen LogP contribution in [0, 0.1) is 0 Å². The molecule has 2 atom stereocenters. The van der Waals surface area contributed by atoms with E-state index in [-0.39, 0.29) is 11.7 Å². The van der Waals surface area contributed by atoms with Gasteiger partial charge in [0.05, 0.1) is 5.75 Å². The number of anilines is 1. The molecule has 0 saturated carbocycles. The second-order valence-corrected chi connectivity index (χ2v) is 6.87. The molecule has 0 aliphatic carbocycles. The summed E-state index contributed by atoms with van der Waals surface area (Å²) in [5.74, 6) is 0.639. The van der Waals surface area contributed by atoms with Gasteiger partial charge in [-0.15, -0.1) is 11.8 Å². The van der Waals surface area contributed by atoms with E-state index in [1.807, 2.05) is 30.3 Å². The number of rotatable bonds is 6. The maximum Gasteiger partial charge on any atom is 0.313 e. The minimum atomic E-state index is -0.844. The summed E-state index contributed by atoms with van der Waals surface area (Å²) in [5, 5.41) is 11.5. The van der Waals surface area contributed by atoms with Crippen molar-refractivity contribution in [2.24, 2.45) is 0 Å². The van der Waals surface area contributed by atoms with Crippen LogP contribution in [-0.4, -0.2) is 34.9 Å². The van der Waals surface area contributed by atoms with Crippen LogP contribution < -0.4 is 14.8 Å². The number of para-hydroxylation sites is 2. The maximum absolute atomic E-state index is 12.6. The molecule has 136 valence electrons. The number of ether oxygens (including phenoxy) is 2. The molecule has 0 aromatic heterocycles. The molecule has 3 rings (SSSR count). The molecular weight excluding hydrogens is 354 g/mol. The van der Waals surface area contributed by atoms with Crippen molar-refractivity contribution in [1.82, 2.24) is 0 Å². The Labute approximate surface area is 155 Å². The lowest BCUT2D eigenvalue weighted by Crippen LogP contribution is -2.46. The number of fused-ring (bicyclic) bond motifs is 1. The summed E-state index contributed by atoms with van der Waals surface area (Å²) in [7, 11) is 0. The Kier molecular flexibility index (Phi) is 5.68. The molecule has 0 saturated heterocycles. The Hall–Kier alpha value is -2.67. The Bertz CT molecular complexity index is 810. The first-order valence-corrected chi connectivity index (χ1v) is 9.30. The number of hydrogen-bond donors (Lipinski definition) is 2. The molecule has 1 aliphatic rings. The summed E-state index contributed by atoms with van der Waals surface area (Å²) in [6.07, 6.45) is -1.17. The van der Waals surface area contributed by atoms with Gasteiger partial charge in [0.1, 0.15) is 6.10 Å². The molecule has 7 heteroatoms. The molecular formula is C19H19NO5S. The van der Waals surface area contributed by atoms with E-state index >= 15 is 0 Å². The van der Waals surface area contributed by atoms with Crippen LogP contribution >= 0.6 is 11.8 Å². The number of thioether (sulfide) groups is 1. The monoisotopic (exact) mass is 373 g/mol. The van der Waals surface area contributed by atoms with E-state index in [0.29, 0.717) is 22.9 Å². The summed E-state index contributed by atoms with van der Waals surface area (Å²) < 4.78 is 11.6. The van der Waals surface area contributed by atoms with E-state index in [2.05, 4.69) is 5.32 Å². The van der Waals surface area contributed by atoms with Gasteiger partial charge in [-0.1, -0.05) is 24.3 Å². The van der Waals surface area contributed by atoms with Gasteiger partial charge in [0, 0.05) is 11.4 Å². The van der Waals surface area contributed by atoms with Crippen molar-refractivity contribution in [3.8, 4) is 11.5 Å². The fourth-order valence-corrected chi connectivity index (χ4v) is 3.31. The quantitative estimate of drug-likeness (QED) is 0.809. The summed E-state index contributed by atoms with van der Waals surface area (Å²) in [6, 6.07) is 14.6. The SMILES string of the molecule is CC1Oc2ccccc2OC1C(=O)Nc1cccc(CSCC(=O)O)c1. The van der Waals surface area contributed by atoms with Gasteiger partial charge < -0.3 is 19.9 Å². The topological polar surface area (TPSA) is 84.9 Å². The molecule has 1 aliphatic heterocycles. The van der Waals surface area contributed by atoms with Crippen molar-refractivity contribution in [3.05, 3.63) is 54.1 Å². The lowest BCUT2D eigenvalue weighted by molar-refractivity contribution is -0.134. The number of amides is 1. The molecule has 0 spiro atoms. The first-order valence-electron chi connectivity index (χ1n) is 8.14. The smallest absolute Gasteiger partial charge is 0.313 e. The number of aliphatic carboxylic acids is 1. The highest BCUT2D eigenvalue weighted by atomic mass is 32.2. The standard InChI is InChI=1S/C19H19NO5S/c1-12-18(25-16-8-3-2-7-15(16)24-12)19(23)20-14-6-4-5-13(9-14)10-26-11-17(21)22/h2-9,12,18H,10-11H2,1H3,(H,20,23)(H,21,22). The third-order valence-corrected chi connectivity index (χ3v) is 4.78. The molecule has 2 N–H and O–H groups in total. The van der Waals surface area contributed by atoms with Crippen LogP contribution in [0.3, 0.4) is 0 Å². The van der Waals surface area contributed by atoms with Gasteiger partial charge in [-0.3, -0.25) is 9.59 Å². The first-order chi connectivity index (χ1) is 12.5. The number of nitrogens with one attached hydrogen (secondary N) is 1. The van der Waals surface area contributed by atoms with Crippen molar-refractivity contribution in [3.63, 3.8) is 0 Å². The van der Waals surface area contributed by atoms with Gasteiger partial charge in [-0.25, -0.2) is 0 Å². The molecule has 1 amide bonds. The predicted molar refractivity (Wildman–Crippen MR) is 99.8 cm³/mol. The minimum absolute atomic E-state index is 0.0424. The van der Waals surface area contributed by atoms with Gasteiger partial charge in [0.15, 0.2) is 11.5 Å². The van der Waals surface area contributed by atoms with Gasteiger partial charge in [0.25, 0.3) is 5.91 Å². The van der Waals surface area contributed by atoms with Crippen molar-refractivity contribution in [2.75, 3.05) is 11.1 Å². The first kappa shape index (κ1) is 18.1. The summed E-state index contributed by atoms with van der Waals surface area (Å²) in [4.78, 5) is 23.2. The summed E-state index contributed by atoms with van der Waals surface area (Å²) in [5.41, 5.74) is 1.58. The fraction of sp³-hybridized carbons (Fsp3) is 0.263. The second-order valence-electron chi connectivity index (χ2n) is 5.88. The number of hydrogen-bond acceptors (Lipinski definition) is 5. The molecule has 0 bridgehead atoms. The highest BCUT2D eigenvalue weighted by Gasteiger charge is 2.34. The zero-order chi connectivity index (χ0) is 18.5. The minimum Gasteiger partial charge on any atom is -0.482 e. The zero-order valence-electron chi connectivity index (χ0n) is 14.2. The molecule has 6 nitrogen and oxygen atoms in total. The molecule has 26 heavy (non-hydrogen) atoms. The number of carbonyl (C=O) groups is 2. The third kappa shape index (κ3) is 4.49. The second kappa shape index (κ2) is 8.14. The lowest BCUT2D eigenvalue weighted by Gasteiger charge is -2.31. The molecule has 2 unspecified atom stereocenters. The van der Waals surface area contributed by atoms with Crippen LogP contribution in [0.25, 0.3) is 0 Å². The lowest BCUT2D eigenvalue weighted by atomic mass is 10.1. The highest BCUT2D eigenvalue weighted by Crippen LogP contribution is 2.33. The fourth-order valence-electron chi connectivity index (χ4n) is 2.61. The third-order valence-electron chi connectivity index (χ3n) is 3.79. The van der Waals surface area contributed by atoms with E-state index in [1.54, 1.807) is 25.1 Å². The van der Waals surface area contributed by atoms with Crippen molar-refractivity contribution < 1.29 is 24.2 Å². The van der Waals surface area contributed by atoms with Crippen LogP contribution in [0.2, 0.25) is 0 Å². The van der Waals surface area contributed by atoms with Crippen LogP contribution in [-0.2, 0) is 15.3 Å². The van der Waals surface area contributed by atoms with Crippen LogP contribution in [0.1, 0.15) is 12.5 Å². The Morgan fingerprint density at radius 2 is 1.85 bits per heavy atom. The zero-order valence-corrected chi connectivity index (χ0v) is 15.0. The van der Waals surface area contributed by atoms with Crippen LogP contribution in [0.4, 0.5) is 5.69 Å².